The number of nitrogens with one attached hydrogen (secondary N) is 1. The average molecular weight is 318 g/mol. The van der Waals surface area contributed by atoms with Gasteiger partial charge < -0.3 is 14.8 Å². The summed E-state index contributed by atoms with van der Waals surface area (Å²) in [5.41, 5.74) is -0.296. The number of ether oxygens (including phenoxy) is 2. The minimum atomic E-state index is -3.67. The number of methoxy groups -OCH3 is 1. The van der Waals surface area contributed by atoms with E-state index in [1.807, 2.05) is 0 Å². The third-order valence-corrected chi connectivity index (χ3v) is 3.70. The number of hydrogen-bond acceptors (Lipinski definition) is 7. The molecule has 1 aromatic carbocycles. The molecule has 0 aliphatic heterocycles. The van der Waals surface area contributed by atoms with Crippen LogP contribution in [0.5, 0.6) is 0 Å². The van der Waals surface area contributed by atoms with Crippen LogP contribution in [0.15, 0.2) is 23.1 Å². The molecule has 0 aliphatic carbocycles. The second kappa shape index (κ2) is 7.91. The summed E-state index contributed by atoms with van der Waals surface area (Å²) >= 11 is 0. The predicted octanol–water partition coefficient (Wildman–Crippen LogP) is 1.07. The van der Waals surface area contributed by atoms with Gasteiger partial charge in [-0.25, -0.2) is 8.42 Å². The Morgan fingerprint density at radius 2 is 2.00 bits per heavy atom. The van der Waals surface area contributed by atoms with Gasteiger partial charge in [-0.05, 0) is 12.1 Å². The van der Waals surface area contributed by atoms with Crippen LogP contribution in [0.4, 0.5) is 11.4 Å². The quantitative estimate of drug-likeness (QED) is 0.412. The number of sulfone groups is 1. The maximum atomic E-state index is 11.6. The summed E-state index contributed by atoms with van der Waals surface area (Å²) in [6.07, 6.45) is 0.937. The molecule has 8 nitrogen and oxygen atoms in total. The van der Waals surface area contributed by atoms with Gasteiger partial charge in [-0.1, -0.05) is 6.07 Å². The maximum absolute atomic E-state index is 11.6. The predicted molar refractivity (Wildman–Crippen MR) is 77.4 cm³/mol. The highest BCUT2D eigenvalue weighted by molar-refractivity contribution is 7.90. The summed E-state index contributed by atoms with van der Waals surface area (Å²) in [5.74, 6) is 0. The number of para-hydroxylation sites is 1. The Labute approximate surface area is 123 Å². The zero-order valence-electron chi connectivity index (χ0n) is 11.9. The zero-order valence-corrected chi connectivity index (χ0v) is 12.7. The van der Waals surface area contributed by atoms with Crippen molar-refractivity contribution in [3.8, 4) is 0 Å². The van der Waals surface area contributed by atoms with Crippen molar-refractivity contribution in [2.45, 2.75) is 4.90 Å². The fourth-order valence-electron chi connectivity index (χ4n) is 1.65. The third kappa shape index (κ3) is 5.29. The Morgan fingerprint density at radius 3 is 2.57 bits per heavy atom. The SMILES string of the molecule is COCCOCCNc1cccc(S(C)(=O)=O)c1[N+](=O)[O-]. The van der Waals surface area contributed by atoms with Gasteiger partial charge in [-0.15, -0.1) is 0 Å². The second-order valence-electron chi connectivity index (χ2n) is 4.21. The van der Waals surface area contributed by atoms with E-state index in [0.29, 0.717) is 26.4 Å². The molecule has 0 unspecified atom stereocenters. The largest absolute Gasteiger partial charge is 0.382 e. The smallest absolute Gasteiger partial charge is 0.310 e. The zero-order chi connectivity index (χ0) is 15.9. The highest BCUT2D eigenvalue weighted by Gasteiger charge is 2.25. The van der Waals surface area contributed by atoms with Gasteiger partial charge in [0.15, 0.2) is 9.84 Å². The average Bonchev–Trinajstić information content (AvgIpc) is 2.41. The van der Waals surface area contributed by atoms with Crippen molar-refractivity contribution in [1.29, 1.82) is 0 Å². The van der Waals surface area contributed by atoms with Crippen LogP contribution in [-0.4, -0.2) is 53.1 Å². The van der Waals surface area contributed by atoms with E-state index in [1.165, 1.54) is 18.2 Å². The molecule has 118 valence electrons. The molecule has 0 aliphatic rings. The van der Waals surface area contributed by atoms with Crippen LogP contribution in [-0.2, 0) is 19.3 Å². The Morgan fingerprint density at radius 1 is 1.29 bits per heavy atom. The fourth-order valence-corrected chi connectivity index (χ4v) is 2.52. The molecular weight excluding hydrogens is 300 g/mol. The normalized spacial score (nSPS) is 11.3. The van der Waals surface area contributed by atoms with Crippen LogP contribution in [0, 0.1) is 10.1 Å². The van der Waals surface area contributed by atoms with Gasteiger partial charge in [0.1, 0.15) is 10.6 Å². The minimum absolute atomic E-state index is 0.151. The van der Waals surface area contributed by atoms with Gasteiger partial charge >= 0.3 is 5.69 Å². The van der Waals surface area contributed by atoms with Gasteiger partial charge in [-0.3, -0.25) is 10.1 Å². The fraction of sp³-hybridized carbons (Fsp3) is 0.500. The minimum Gasteiger partial charge on any atom is -0.382 e. The lowest BCUT2D eigenvalue weighted by Gasteiger charge is -2.09. The van der Waals surface area contributed by atoms with Gasteiger partial charge in [0.05, 0.1) is 24.7 Å². The lowest BCUT2D eigenvalue weighted by molar-refractivity contribution is -0.386. The second-order valence-corrected chi connectivity index (χ2v) is 6.20. The number of benzene rings is 1. The summed E-state index contributed by atoms with van der Waals surface area (Å²) in [5, 5.41) is 13.9. The molecule has 0 amide bonds. The highest BCUT2D eigenvalue weighted by Crippen LogP contribution is 2.31. The summed E-state index contributed by atoms with van der Waals surface area (Å²) in [6.45, 7) is 1.52. The topological polar surface area (TPSA) is 108 Å². The van der Waals surface area contributed by atoms with Gasteiger partial charge in [-0.2, -0.15) is 0 Å². The lowest BCUT2D eigenvalue weighted by atomic mass is 10.2. The molecule has 0 atom stereocenters. The van der Waals surface area contributed by atoms with Gasteiger partial charge in [0, 0.05) is 19.9 Å². The van der Waals surface area contributed by atoms with Crippen molar-refractivity contribution in [3.05, 3.63) is 28.3 Å². The number of nitrogens with zero attached hydrogens (tertiary/aromatic N) is 1. The van der Waals surface area contributed by atoms with Crippen LogP contribution in [0.3, 0.4) is 0 Å². The van der Waals surface area contributed by atoms with Crippen LogP contribution in [0.25, 0.3) is 0 Å². The molecule has 1 N–H and O–H groups in total. The number of hydrogen-bond donors (Lipinski definition) is 1. The van der Waals surface area contributed by atoms with Crippen molar-refractivity contribution < 1.29 is 22.8 Å². The molecule has 0 fully saturated rings. The van der Waals surface area contributed by atoms with Crippen molar-refractivity contribution in [1.82, 2.24) is 0 Å². The first-order chi connectivity index (χ1) is 9.88. The van der Waals surface area contributed by atoms with Crippen molar-refractivity contribution >= 4 is 21.2 Å². The molecule has 0 spiro atoms. The molecule has 0 saturated heterocycles. The monoisotopic (exact) mass is 318 g/mol. The molecule has 0 bridgehead atoms. The summed E-state index contributed by atoms with van der Waals surface area (Å²) in [4.78, 5) is 10.1. The van der Waals surface area contributed by atoms with E-state index in [4.69, 9.17) is 9.47 Å². The van der Waals surface area contributed by atoms with Crippen molar-refractivity contribution in [3.63, 3.8) is 0 Å². The Bertz CT molecular complexity index is 587. The first kappa shape index (κ1) is 17.3. The van der Waals surface area contributed by atoms with E-state index in [0.717, 1.165) is 6.26 Å². The van der Waals surface area contributed by atoms with Crippen molar-refractivity contribution in [2.24, 2.45) is 0 Å². The molecule has 21 heavy (non-hydrogen) atoms. The van der Waals surface area contributed by atoms with E-state index in [2.05, 4.69) is 5.32 Å². The van der Waals surface area contributed by atoms with Gasteiger partial charge in [0.25, 0.3) is 0 Å². The van der Waals surface area contributed by atoms with Crippen LogP contribution in [0.2, 0.25) is 0 Å². The summed E-state index contributed by atoms with van der Waals surface area (Å²) in [7, 11) is -2.12. The Balaban J connectivity index is 2.81. The molecule has 0 aromatic heterocycles. The number of rotatable bonds is 9. The van der Waals surface area contributed by atoms with Crippen LogP contribution in [0.1, 0.15) is 0 Å². The van der Waals surface area contributed by atoms with E-state index >= 15 is 0 Å². The van der Waals surface area contributed by atoms with E-state index in [9.17, 15) is 18.5 Å². The van der Waals surface area contributed by atoms with Gasteiger partial charge in [0.2, 0.25) is 0 Å². The van der Waals surface area contributed by atoms with Crippen LogP contribution < -0.4 is 5.32 Å². The van der Waals surface area contributed by atoms with E-state index < -0.39 is 20.4 Å². The first-order valence-corrected chi connectivity index (χ1v) is 8.05. The molecule has 1 aromatic rings. The third-order valence-electron chi connectivity index (χ3n) is 2.57. The molecule has 0 saturated carbocycles. The van der Waals surface area contributed by atoms with Crippen LogP contribution >= 0.6 is 0 Å². The number of nitro groups is 1. The van der Waals surface area contributed by atoms with Crippen molar-refractivity contribution in [2.75, 3.05) is 45.0 Å². The van der Waals surface area contributed by atoms with E-state index in [1.54, 1.807) is 7.11 Å². The molecule has 1 rings (SSSR count). The molecule has 0 heterocycles. The lowest BCUT2D eigenvalue weighted by Crippen LogP contribution is -2.13. The molecular formula is C12H18N2O6S. The summed E-state index contributed by atoms with van der Waals surface area (Å²) in [6, 6.07) is 4.13. The molecule has 9 heteroatoms. The standard InChI is InChI=1S/C12H18N2O6S/c1-19-8-9-20-7-6-13-10-4-3-5-11(21(2,17)18)12(10)14(15)16/h3-5,13H,6-9H2,1-2H3. The Hall–Kier alpha value is -1.71. The first-order valence-electron chi connectivity index (χ1n) is 6.16. The number of anilines is 1. The maximum Gasteiger partial charge on any atom is 0.310 e. The summed E-state index contributed by atoms with van der Waals surface area (Å²) < 4.78 is 33.2. The molecule has 0 radical (unpaired) electrons. The Kier molecular flexibility index (Phi) is 6.53. The van der Waals surface area contributed by atoms with E-state index in [-0.39, 0.29) is 10.6 Å². The number of nitro benzene ring substituents is 1. The highest BCUT2D eigenvalue weighted by atomic mass is 32.2.